The minimum atomic E-state index is -0.0693. The van der Waals surface area contributed by atoms with Gasteiger partial charge in [0.05, 0.1) is 7.11 Å². The van der Waals surface area contributed by atoms with Gasteiger partial charge in [0.2, 0.25) is 0 Å². The predicted molar refractivity (Wildman–Crippen MR) is 87.2 cm³/mol. The minimum Gasteiger partial charge on any atom is -0.496 e. The first kappa shape index (κ1) is 15.1. The van der Waals surface area contributed by atoms with Gasteiger partial charge in [0.1, 0.15) is 5.75 Å². The van der Waals surface area contributed by atoms with E-state index < -0.39 is 0 Å². The van der Waals surface area contributed by atoms with Crippen molar-refractivity contribution in [2.24, 2.45) is 5.73 Å². The molecule has 2 rings (SSSR count). The Labute approximate surface area is 129 Å². The van der Waals surface area contributed by atoms with E-state index in [0.29, 0.717) is 0 Å². The molecule has 2 nitrogen and oxygen atoms in total. The van der Waals surface area contributed by atoms with Gasteiger partial charge in [-0.2, -0.15) is 0 Å². The molecule has 2 N–H and O–H groups in total. The average Bonchev–Trinajstić information content (AvgIpc) is 2.42. The molecular formula is C17H20BrNO. The highest BCUT2D eigenvalue weighted by Gasteiger charge is 2.13. The lowest BCUT2D eigenvalue weighted by Crippen LogP contribution is -2.14. The molecule has 0 bridgehead atoms. The van der Waals surface area contributed by atoms with Gasteiger partial charge in [-0.3, -0.25) is 0 Å². The van der Waals surface area contributed by atoms with Crippen LogP contribution in [-0.2, 0) is 6.42 Å². The molecule has 2 aromatic carbocycles. The molecule has 0 aliphatic heterocycles. The van der Waals surface area contributed by atoms with Crippen molar-refractivity contribution in [2.75, 3.05) is 7.11 Å². The van der Waals surface area contributed by atoms with Crippen LogP contribution in [0.1, 0.15) is 28.3 Å². The van der Waals surface area contributed by atoms with Crippen LogP contribution in [0.3, 0.4) is 0 Å². The van der Waals surface area contributed by atoms with Crippen LogP contribution in [0.25, 0.3) is 0 Å². The Balaban J connectivity index is 2.23. The lowest BCUT2D eigenvalue weighted by Gasteiger charge is -2.16. The molecule has 1 unspecified atom stereocenters. The second kappa shape index (κ2) is 6.42. The first-order chi connectivity index (χ1) is 9.51. The smallest absolute Gasteiger partial charge is 0.124 e. The third kappa shape index (κ3) is 3.41. The van der Waals surface area contributed by atoms with Crippen molar-refractivity contribution in [2.45, 2.75) is 26.3 Å². The fourth-order valence-electron chi connectivity index (χ4n) is 2.29. The Kier molecular flexibility index (Phi) is 4.84. The topological polar surface area (TPSA) is 35.2 Å². The van der Waals surface area contributed by atoms with Crippen molar-refractivity contribution >= 4 is 15.9 Å². The average molecular weight is 334 g/mol. The number of hydrogen-bond donors (Lipinski definition) is 1. The van der Waals surface area contributed by atoms with E-state index in [2.05, 4.69) is 48.0 Å². The Morgan fingerprint density at radius 1 is 1.10 bits per heavy atom. The van der Waals surface area contributed by atoms with Gasteiger partial charge in [-0.05, 0) is 49.1 Å². The van der Waals surface area contributed by atoms with E-state index in [0.717, 1.165) is 22.2 Å². The predicted octanol–water partition coefficient (Wildman–Crippen LogP) is 4.32. The summed E-state index contributed by atoms with van der Waals surface area (Å²) in [6, 6.07) is 12.4. The number of aryl methyl sites for hydroxylation is 2. The molecule has 0 heterocycles. The van der Waals surface area contributed by atoms with Crippen LogP contribution in [0.5, 0.6) is 5.75 Å². The Bertz CT molecular complexity index is 610. The number of hydrogen-bond acceptors (Lipinski definition) is 2. The molecule has 0 amide bonds. The molecular weight excluding hydrogens is 314 g/mol. The van der Waals surface area contributed by atoms with E-state index in [-0.39, 0.29) is 6.04 Å². The molecule has 0 fully saturated rings. The van der Waals surface area contributed by atoms with Crippen LogP contribution in [0.2, 0.25) is 0 Å². The lowest BCUT2D eigenvalue weighted by molar-refractivity contribution is 0.405. The van der Waals surface area contributed by atoms with Crippen molar-refractivity contribution in [1.82, 2.24) is 0 Å². The molecule has 0 aliphatic carbocycles. The van der Waals surface area contributed by atoms with Gasteiger partial charge in [-0.1, -0.05) is 40.2 Å². The third-order valence-corrected chi connectivity index (χ3v) is 4.12. The summed E-state index contributed by atoms with van der Waals surface area (Å²) in [5.74, 6) is 0.829. The Morgan fingerprint density at radius 3 is 2.50 bits per heavy atom. The molecule has 106 valence electrons. The molecule has 0 aliphatic rings. The summed E-state index contributed by atoms with van der Waals surface area (Å²) in [6.07, 6.45) is 0.805. The summed E-state index contributed by atoms with van der Waals surface area (Å²) in [4.78, 5) is 0. The first-order valence-corrected chi connectivity index (χ1v) is 7.45. The standard InChI is InChI=1S/C17H20BrNO/c1-11-4-5-13(8-12(11)2)9-16(19)15-7-6-14(18)10-17(15)20-3/h4-8,10,16H,9,19H2,1-3H3. The maximum Gasteiger partial charge on any atom is 0.124 e. The number of ether oxygens (including phenoxy) is 1. The molecule has 1 atom stereocenters. The molecule has 3 heteroatoms. The second-order valence-corrected chi connectivity index (χ2v) is 6.03. The molecule has 0 saturated heterocycles. The van der Waals surface area contributed by atoms with E-state index >= 15 is 0 Å². The summed E-state index contributed by atoms with van der Waals surface area (Å²) in [7, 11) is 1.67. The van der Waals surface area contributed by atoms with Gasteiger partial charge in [0.25, 0.3) is 0 Å². The van der Waals surface area contributed by atoms with E-state index in [4.69, 9.17) is 10.5 Å². The van der Waals surface area contributed by atoms with E-state index in [1.165, 1.54) is 16.7 Å². The Morgan fingerprint density at radius 2 is 1.85 bits per heavy atom. The molecule has 0 spiro atoms. The fourth-order valence-corrected chi connectivity index (χ4v) is 2.63. The van der Waals surface area contributed by atoms with Crippen molar-refractivity contribution in [3.05, 3.63) is 63.1 Å². The summed E-state index contributed by atoms with van der Waals surface area (Å²) < 4.78 is 6.41. The molecule has 0 aromatic heterocycles. The minimum absolute atomic E-state index is 0.0693. The van der Waals surface area contributed by atoms with Crippen molar-refractivity contribution in [1.29, 1.82) is 0 Å². The van der Waals surface area contributed by atoms with Gasteiger partial charge < -0.3 is 10.5 Å². The monoisotopic (exact) mass is 333 g/mol. The number of methoxy groups -OCH3 is 1. The normalized spacial score (nSPS) is 12.2. The molecule has 0 radical (unpaired) electrons. The highest BCUT2D eigenvalue weighted by atomic mass is 79.9. The summed E-state index contributed by atoms with van der Waals surface area (Å²) >= 11 is 3.45. The lowest BCUT2D eigenvalue weighted by atomic mass is 9.96. The van der Waals surface area contributed by atoms with Gasteiger partial charge in [0, 0.05) is 16.1 Å². The SMILES string of the molecule is COc1cc(Br)ccc1C(N)Cc1ccc(C)c(C)c1. The largest absolute Gasteiger partial charge is 0.496 e. The quantitative estimate of drug-likeness (QED) is 0.904. The molecule has 0 saturated carbocycles. The number of nitrogens with two attached hydrogens (primary N) is 1. The van der Waals surface area contributed by atoms with Crippen LogP contribution in [-0.4, -0.2) is 7.11 Å². The van der Waals surface area contributed by atoms with Crippen LogP contribution in [0.4, 0.5) is 0 Å². The van der Waals surface area contributed by atoms with E-state index in [1.54, 1.807) is 7.11 Å². The zero-order valence-corrected chi connectivity index (χ0v) is 13.7. The second-order valence-electron chi connectivity index (χ2n) is 5.12. The first-order valence-electron chi connectivity index (χ1n) is 6.66. The number of rotatable bonds is 4. The summed E-state index contributed by atoms with van der Waals surface area (Å²) in [6.45, 7) is 4.25. The van der Waals surface area contributed by atoms with Crippen molar-refractivity contribution in [3.63, 3.8) is 0 Å². The van der Waals surface area contributed by atoms with Crippen LogP contribution in [0, 0.1) is 13.8 Å². The number of halogens is 1. The highest BCUT2D eigenvalue weighted by Crippen LogP contribution is 2.29. The number of benzene rings is 2. The maximum absolute atomic E-state index is 6.35. The van der Waals surface area contributed by atoms with Crippen LogP contribution < -0.4 is 10.5 Å². The zero-order valence-electron chi connectivity index (χ0n) is 12.1. The summed E-state index contributed by atoms with van der Waals surface area (Å²) in [5.41, 5.74) is 11.2. The molecule has 20 heavy (non-hydrogen) atoms. The van der Waals surface area contributed by atoms with Gasteiger partial charge >= 0.3 is 0 Å². The molecule has 2 aromatic rings. The van der Waals surface area contributed by atoms with Crippen molar-refractivity contribution < 1.29 is 4.74 Å². The fraction of sp³-hybridized carbons (Fsp3) is 0.294. The van der Waals surface area contributed by atoms with Crippen LogP contribution in [0.15, 0.2) is 40.9 Å². The van der Waals surface area contributed by atoms with Gasteiger partial charge in [0.15, 0.2) is 0 Å². The highest BCUT2D eigenvalue weighted by molar-refractivity contribution is 9.10. The van der Waals surface area contributed by atoms with E-state index in [1.807, 2.05) is 18.2 Å². The van der Waals surface area contributed by atoms with Crippen LogP contribution >= 0.6 is 15.9 Å². The van der Waals surface area contributed by atoms with E-state index in [9.17, 15) is 0 Å². The maximum atomic E-state index is 6.35. The summed E-state index contributed by atoms with van der Waals surface area (Å²) in [5, 5.41) is 0. The van der Waals surface area contributed by atoms with Gasteiger partial charge in [-0.15, -0.1) is 0 Å². The van der Waals surface area contributed by atoms with Crippen molar-refractivity contribution in [3.8, 4) is 5.75 Å². The Hall–Kier alpha value is -1.32. The third-order valence-electron chi connectivity index (χ3n) is 3.62. The zero-order chi connectivity index (χ0) is 14.7. The van der Waals surface area contributed by atoms with Gasteiger partial charge in [-0.25, -0.2) is 0 Å².